The minimum Gasteiger partial charge on any atom is -0.339 e. The highest BCUT2D eigenvalue weighted by Gasteiger charge is 2.32. The quantitative estimate of drug-likeness (QED) is 0.748. The lowest BCUT2D eigenvalue weighted by Crippen LogP contribution is -2.49. The summed E-state index contributed by atoms with van der Waals surface area (Å²) in [5.41, 5.74) is 1.42. The molecule has 1 N–H and O–H groups in total. The Kier molecular flexibility index (Phi) is 4.20. The van der Waals surface area contributed by atoms with E-state index in [1.165, 1.54) is 0 Å². The molecule has 0 bridgehead atoms. The van der Waals surface area contributed by atoms with Gasteiger partial charge in [0.15, 0.2) is 0 Å². The molecule has 1 aromatic carbocycles. The highest BCUT2D eigenvalue weighted by molar-refractivity contribution is 5.95. The van der Waals surface area contributed by atoms with E-state index in [0.717, 1.165) is 30.8 Å². The largest absolute Gasteiger partial charge is 0.339 e. The number of amides is 1. The fourth-order valence-corrected chi connectivity index (χ4v) is 3.68. The van der Waals surface area contributed by atoms with E-state index in [0.29, 0.717) is 36.3 Å². The van der Waals surface area contributed by atoms with Crippen molar-refractivity contribution in [2.45, 2.75) is 24.8 Å². The highest BCUT2D eigenvalue weighted by atomic mass is 16.5. The van der Waals surface area contributed by atoms with Crippen LogP contribution in [0.3, 0.4) is 0 Å². The zero-order chi connectivity index (χ0) is 19.1. The summed E-state index contributed by atoms with van der Waals surface area (Å²) in [6, 6.07) is 7.36. The van der Waals surface area contributed by atoms with Gasteiger partial charge in [0.1, 0.15) is 11.9 Å². The number of hydrogen-bond donors (Lipinski definition) is 1. The van der Waals surface area contributed by atoms with Crippen molar-refractivity contribution in [3.8, 4) is 11.4 Å². The van der Waals surface area contributed by atoms with E-state index in [4.69, 9.17) is 4.52 Å². The first-order valence-electron chi connectivity index (χ1n) is 9.63. The molecule has 1 aliphatic carbocycles. The lowest BCUT2D eigenvalue weighted by molar-refractivity contribution is 0.0621. The van der Waals surface area contributed by atoms with Crippen LogP contribution in [0.25, 0.3) is 11.4 Å². The molecular weight excluding hydrogens is 356 g/mol. The monoisotopic (exact) mass is 378 g/mol. The van der Waals surface area contributed by atoms with Crippen LogP contribution in [0.5, 0.6) is 0 Å². The van der Waals surface area contributed by atoms with Gasteiger partial charge in [-0.2, -0.15) is 4.98 Å². The number of aromatic nitrogens is 4. The van der Waals surface area contributed by atoms with Crippen molar-refractivity contribution in [1.82, 2.24) is 29.9 Å². The van der Waals surface area contributed by atoms with Crippen LogP contribution in [-0.2, 0) is 7.05 Å². The van der Waals surface area contributed by atoms with Crippen LogP contribution in [0.1, 0.15) is 46.9 Å². The third kappa shape index (κ3) is 3.09. The third-order valence-corrected chi connectivity index (χ3v) is 5.40. The maximum absolute atomic E-state index is 13.3. The van der Waals surface area contributed by atoms with Crippen molar-refractivity contribution in [3.63, 3.8) is 0 Å². The summed E-state index contributed by atoms with van der Waals surface area (Å²) >= 11 is 0. The van der Waals surface area contributed by atoms with Crippen molar-refractivity contribution in [1.29, 1.82) is 0 Å². The number of nitrogens with zero attached hydrogens (tertiary/aromatic N) is 5. The van der Waals surface area contributed by atoms with E-state index in [9.17, 15) is 4.79 Å². The van der Waals surface area contributed by atoms with Crippen molar-refractivity contribution < 1.29 is 9.32 Å². The van der Waals surface area contributed by atoms with Gasteiger partial charge in [0.05, 0.1) is 0 Å². The van der Waals surface area contributed by atoms with Crippen LogP contribution < -0.4 is 5.32 Å². The molecule has 1 unspecified atom stereocenters. The predicted molar refractivity (Wildman–Crippen MR) is 102 cm³/mol. The fraction of sp³-hybridized carbons (Fsp3) is 0.400. The van der Waals surface area contributed by atoms with Gasteiger partial charge >= 0.3 is 0 Å². The number of imidazole rings is 1. The van der Waals surface area contributed by atoms with Gasteiger partial charge in [-0.25, -0.2) is 4.98 Å². The number of benzene rings is 1. The van der Waals surface area contributed by atoms with Crippen LogP contribution >= 0.6 is 0 Å². The Morgan fingerprint density at radius 3 is 3.00 bits per heavy atom. The second kappa shape index (κ2) is 6.87. The average molecular weight is 378 g/mol. The number of rotatable bonds is 4. The molecule has 2 fully saturated rings. The molecule has 2 aromatic heterocycles. The minimum atomic E-state index is -0.100. The first-order chi connectivity index (χ1) is 13.7. The van der Waals surface area contributed by atoms with E-state index < -0.39 is 0 Å². The Labute approximate surface area is 162 Å². The average Bonchev–Trinajstić information content (AvgIpc) is 3.30. The fourth-order valence-electron chi connectivity index (χ4n) is 3.68. The predicted octanol–water partition coefficient (Wildman–Crippen LogP) is 2.13. The number of aryl methyl sites for hydroxylation is 1. The summed E-state index contributed by atoms with van der Waals surface area (Å²) in [5, 5.41) is 7.46. The summed E-state index contributed by atoms with van der Waals surface area (Å²) in [6.45, 7) is 2.09. The Morgan fingerprint density at radius 2 is 2.21 bits per heavy atom. The van der Waals surface area contributed by atoms with Gasteiger partial charge in [0.25, 0.3) is 5.91 Å². The molecule has 1 aliphatic heterocycles. The molecular formula is C20H22N6O2. The molecule has 2 aliphatic rings. The second-order valence-corrected chi connectivity index (χ2v) is 7.43. The Balaban J connectivity index is 1.43. The van der Waals surface area contributed by atoms with Gasteiger partial charge < -0.3 is 19.3 Å². The molecule has 0 spiro atoms. The SMILES string of the molecule is Cn1ccnc1C1CNCCN1C(=O)c1cccc(-c2noc(C3CC3)n2)c1. The van der Waals surface area contributed by atoms with Crippen molar-refractivity contribution in [2.24, 2.45) is 7.05 Å². The normalized spacial score (nSPS) is 19.8. The molecule has 5 rings (SSSR count). The Morgan fingerprint density at radius 1 is 1.32 bits per heavy atom. The van der Waals surface area contributed by atoms with E-state index in [-0.39, 0.29) is 11.9 Å². The molecule has 3 heterocycles. The molecule has 1 amide bonds. The molecule has 28 heavy (non-hydrogen) atoms. The third-order valence-electron chi connectivity index (χ3n) is 5.40. The first kappa shape index (κ1) is 17.1. The molecule has 1 atom stereocenters. The summed E-state index contributed by atoms with van der Waals surface area (Å²) < 4.78 is 7.33. The molecule has 1 saturated heterocycles. The number of piperazine rings is 1. The molecule has 3 aromatic rings. The summed E-state index contributed by atoms with van der Waals surface area (Å²) in [6.07, 6.45) is 5.89. The highest BCUT2D eigenvalue weighted by Crippen LogP contribution is 2.39. The molecule has 8 heteroatoms. The Bertz CT molecular complexity index is 1010. The van der Waals surface area contributed by atoms with Crippen molar-refractivity contribution in [3.05, 3.63) is 53.9 Å². The van der Waals surface area contributed by atoms with E-state index in [2.05, 4.69) is 20.4 Å². The molecule has 144 valence electrons. The van der Waals surface area contributed by atoms with Crippen LogP contribution in [0, 0.1) is 0 Å². The van der Waals surface area contributed by atoms with Gasteiger partial charge in [0, 0.05) is 56.1 Å². The molecule has 1 saturated carbocycles. The number of nitrogens with one attached hydrogen (secondary N) is 1. The smallest absolute Gasteiger partial charge is 0.254 e. The lowest BCUT2D eigenvalue weighted by atomic mass is 10.1. The Hall–Kier alpha value is -3.00. The summed E-state index contributed by atoms with van der Waals surface area (Å²) in [4.78, 5) is 24.2. The van der Waals surface area contributed by atoms with Gasteiger partial charge in [0.2, 0.25) is 11.7 Å². The second-order valence-electron chi connectivity index (χ2n) is 7.43. The standard InChI is InChI=1S/C20H22N6O2/c1-25-9-8-22-18(25)16-12-21-7-10-26(16)20(27)15-4-2-3-14(11-15)17-23-19(28-24-17)13-5-6-13/h2-4,8-9,11,13,16,21H,5-7,10,12H2,1H3. The van der Waals surface area contributed by atoms with Crippen LogP contribution in [0.15, 0.2) is 41.2 Å². The zero-order valence-electron chi connectivity index (χ0n) is 15.7. The summed E-state index contributed by atoms with van der Waals surface area (Å²) in [5.74, 6) is 2.51. The van der Waals surface area contributed by atoms with E-state index in [1.54, 1.807) is 6.20 Å². The maximum Gasteiger partial charge on any atom is 0.254 e. The van der Waals surface area contributed by atoms with Crippen molar-refractivity contribution >= 4 is 5.91 Å². The molecule has 0 radical (unpaired) electrons. The van der Waals surface area contributed by atoms with Crippen LogP contribution in [0.2, 0.25) is 0 Å². The number of carbonyl (C=O) groups is 1. The van der Waals surface area contributed by atoms with Gasteiger partial charge in [-0.15, -0.1) is 0 Å². The molecule has 8 nitrogen and oxygen atoms in total. The number of carbonyl (C=O) groups excluding carboxylic acids is 1. The van der Waals surface area contributed by atoms with E-state index >= 15 is 0 Å². The maximum atomic E-state index is 13.3. The topological polar surface area (TPSA) is 89.1 Å². The van der Waals surface area contributed by atoms with Crippen LogP contribution in [-0.4, -0.2) is 50.1 Å². The van der Waals surface area contributed by atoms with Gasteiger partial charge in [-0.3, -0.25) is 4.79 Å². The van der Waals surface area contributed by atoms with E-state index in [1.807, 2.05) is 47.0 Å². The lowest BCUT2D eigenvalue weighted by Gasteiger charge is -2.35. The first-order valence-corrected chi connectivity index (χ1v) is 9.63. The van der Waals surface area contributed by atoms with Crippen molar-refractivity contribution in [2.75, 3.05) is 19.6 Å². The zero-order valence-corrected chi connectivity index (χ0v) is 15.7. The van der Waals surface area contributed by atoms with Gasteiger partial charge in [-0.1, -0.05) is 17.3 Å². The van der Waals surface area contributed by atoms with Gasteiger partial charge in [-0.05, 0) is 25.0 Å². The summed E-state index contributed by atoms with van der Waals surface area (Å²) in [7, 11) is 1.95. The minimum absolute atomic E-state index is 0.0118. The van der Waals surface area contributed by atoms with Crippen LogP contribution in [0.4, 0.5) is 0 Å². The number of hydrogen-bond acceptors (Lipinski definition) is 6.